The van der Waals surface area contributed by atoms with Gasteiger partial charge in [-0.1, -0.05) is 72.2 Å². The Morgan fingerprint density at radius 1 is 0.658 bits per heavy atom. The molecule has 0 aromatic heterocycles. The Balaban J connectivity index is 1.38. The number of esters is 4. The Kier molecular flexibility index (Phi) is 16.9. The van der Waals surface area contributed by atoms with Crippen molar-refractivity contribution < 1.29 is 52.5 Å². The lowest BCUT2D eigenvalue weighted by molar-refractivity contribution is -0.236. The van der Waals surface area contributed by atoms with E-state index >= 15 is 4.79 Å². The summed E-state index contributed by atoms with van der Waals surface area (Å²) < 4.78 is 30.8. The highest BCUT2D eigenvalue weighted by Gasteiger charge is 2.71. The summed E-state index contributed by atoms with van der Waals surface area (Å²) in [5.74, 6) is -1.42. The van der Waals surface area contributed by atoms with Gasteiger partial charge in [0.15, 0.2) is 5.78 Å². The molecule has 426 valence electrons. The van der Waals surface area contributed by atoms with Gasteiger partial charge in [-0.15, -0.1) is 0 Å². The number of allylic oxidation sites excluding steroid dienone is 1. The number of nitrogens with zero attached hydrogens (tertiary/aromatic N) is 1. The fourth-order valence-corrected chi connectivity index (χ4v) is 15.4. The fraction of sp³-hybridized carbons (Fsp3) is 0.778. The monoisotopic (exact) mass is 1080 g/mol. The van der Waals surface area contributed by atoms with Gasteiger partial charge < -0.3 is 28.6 Å². The number of carbonyl (C=O) groups is 6. The first kappa shape index (κ1) is 61.3. The summed E-state index contributed by atoms with van der Waals surface area (Å²) in [4.78, 5) is 86.4. The first-order valence-corrected chi connectivity index (χ1v) is 28.8. The van der Waals surface area contributed by atoms with E-state index in [-0.39, 0.29) is 89.6 Å². The van der Waals surface area contributed by atoms with Gasteiger partial charge in [0.25, 0.3) is 0 Å². The minimum Gasteiger partial charge on any atom is -0.462 e. The molecule has 13 heteroatoms. The molecule has 5 aliphatic carbocycles. The maximum absolute atomic E-state index is 15.0. The van der Waals surface area contributed by atoms with Crippen molar-refractivity contribution in [3.05, 3.63) is 46.0 Å². The van der Waals surface area contributed by atoms with E-state index in [4.69, 9.17) is 35.3 Å². The average Bonchev–Trinajstić information content (AvgIpc) is 3.56. The predicted molar refractivity (Wildman–Crippen MR) is 296 cm³/mol. The molecule has 0 N–H and O–H groups in total. The van der Waals surface area contributed by atoms with Gasteiger partial charge in [-0.05, 0) is 210 Å². The van der Waals surface area contributed by atoms with Crippen LogP contribution in [0.1, 0.15) is 215 Å². The Hall–Kier alpha value is -3.93. The number of halogens is 1. The quantitative estimate of drug-likeness (QED) is 0.129. The second-order valence-corrected chi connectivity index (χ2v) is 30.2. The smallest absolute Gasteiger partial charge is 0.410 e. The zero-order chi connectivity index (χ0) is 57.4. The summed E-state index contributed by atoms with van der Waals surface area (Å²) in [5, 5.41) is 0.553. The zero-order valence-electron chi connectivity index (χ0n) is 50.3. The standard InChI is InChI=1S/C63H96ClNO11/c1-38(2)49-42(66)33-63(46(73-48(68)35-58(14,15)52(70)75-55(6,7)8)37-65(53(71)76-56(9,10)11)36-39-21-23-40(64)24-22-39)32-31-61(19)41(50(49)63)25-26-44-60(18)29-28-45(59(16,17)43(60)27-30-62(44,61)20)72-47(67)34-57(12,13)51(69)74-54(3,4)5/h21-24,38,41,43-46H,25-37H2,1-20H3/t41-,43+,44?,45+,46+,60+,61-,62-,63+/m1/s1. The van der Waals surface area contributed by atoms with Crippen LogP contribution in [0, 0.1) is 61.6 Å². The van der Waals surface area contributed by atoms with Crippen LogP contribution < -0.4 is 0 Å². The summed E-state index contributed by atoms with van der Waals surface area (Å²) in [6, 6.07) is 7.27. The molecule has 0 heterocycles. The molecule has 6 rings (SSSR count). The predicted octanol–water partition coefficient (Wildman–Crippen LogP) is 14.4. The Labute approximate surface area is 461 Å². The first-order chi connectivity index (χ1) is 34.5. The zero-order valence-corrected chi connectivity index (χ0v) is 51.0. The minimum absolute atomic E-state index is 0.0178. The van der Waals surface area contributed by atoms with Crippen molar-refractivity contribution in [2.24, 2.45) is 61.6 Å². The van der Waals surface area contributed by atoms with Gasteiger partial charge in [-0.2, -0.15) is 0 Å². The summed E-state index contributed by atoms with van der Waals surface area (Å²) in [5.41, 5.74) is -3.64. The third kappa shape index (κ3) is 12.3. The number of amides is 1. The Morgan fingerprint density at radius 3 is 1.72 bits per heavy atom. The van der Waals surface area contributed by atoms with Crippen molar-refractivity contribution in [3.8, 4) is 0 Å². The number of hydrogen-bond donors (Lipinski definition) is 0. The summed E-state index contributed by atoms with van der Waals surface area (Å²) in [7, 11) is 0. The van der Waals surface area contributed by atoms with Gasteiger partial charge in [0, 0.05) is 28.8 Å². The van der Waals surface area contributed by atoms with Crippen molar-refractivity contribution in [1.29, 1.82) is 0 Å². The van der Waals surface area contributed by atoms with Crippen molar-refractivity contribution in [3.63, 3.8) is 0 Å². The highest BCUT2D eigenvalue weighted by Crippen LogP contribution is 2.77. The Morgan fingerprint density at radius 2 is 1.20 bits per heavy atom. The lowest BCUT2D eigenvalue weighted by atomic mass is 9.33. The van der Waals surface area contributed by atoms with Crippen LogP contribution in [-0.2, 0) is 54.2 Å². The van der Waals surface area contributed by atoms with Crippen LogP contribution in [0.3, 0.4) is 0 Å². The third-order valence-corrected chi connectivity index (χ3v) is 19.2. The van der Waals surface area contributed by atoms with E-state index < -0.39 is 63.2 Å². The molecule has 5 aliphatic rings. The van der Waals surface area contributed by atoms with Crippen LogP contribution in [0.25, 0.3) is 0 Å². The van der Waals surface area contributed by atoms with Crippen LogP contribution in [0.5, 0.6) is 0 Å². The molecule has 0 radical (unpaired) electrons. The van der Waals surface area contributed by atoms with E-state index in [1.807, 2.05) is 53.7 Å². The normalized spacial score (nSPS) is 30.0. The lowest BCUT2D eigenvalue weighted by Gasteiger charge is -2.72. The molecule has 0 bridgehead atoms. The summed E-state index contributed by atoms with van der Waals surface area (Å²) >= 11 is 6.34. The molecule has 0 aliphatic heterocycles. The number of fused-ring (bicyclic) bond motifs is 7. The van der Waals surface area contributed by atoms with Crippen molar-refractivity contribution >= 4 is 47.4 Å². The largest absolute Gasteiger partial charge is 0.462 e. The molecular weight excluding hydrogens is 982 g/mol. The first-order valence-electron chi connectivity index (χ1n) is 28.4. The van der Waals surface area contributed by atoms with Crippen LogP contribution in [0.2, 0.25) is 5.02 Å². The molecule has 0 saturated heterocycles. The number of hydrogen-bond acceptors (Lipinski definition) is 11. The number of carbonyl (C=O) groups excluding carboxylic acids is 6. The van der Waals surface area contributed by atoms with E-state index in [1.165, 1.54) is 0 Å². The Bertz CT molecular complexity index is 2430. The molecule has 12 nitrogen and oxygen atoms in total. The molecule has 1 amide bonds. The van der Waals surface area contributed by atoms with Gasteiger partial charge >= 0.3 is 30.0 Å². The highest BCUT2D eigenvalue weighted by atomic mass is 35.5. The van der Waals surface area contributed by atoms with E-state index in [9.17, 15) is 24.0 Å². The number of ketones is 1. The molecular formula is C63H96ClNO11. The molecule has 1 aromatic carbocycles. The molecule has 76 heavy (non-hydrogen) atoms. The second kappa shape index (κ2) is 20.9. The highest BCUT2D eigenvalue weighted by molar-refractivity contribution is 6.30. The number of benzene rings is 1. The van der Waals surface area contributed by atoms with Crippen LogP contribution in [-0.4, -0.2) is 76.2 Å². The van der Waals surface area contributed by atoms with E-state index in [2.05, 4.69) is 48.5 Å². The fourth-order valence-electron chi connectivity index (χ4n) is 15.2. The maximum atomic E-state index is 15.0. The number of ether oxygens (including phenoxy) is 5. The van der Waals surface area contributed by atoms with Crippen molar-refractivity contribution in [1.82, 2.24) is 4.90 Å². The number of Topliss-reactive ketones (excluding diaryl/α,β-unsaturated/α-hetero) is 1. The SMILES string of the molecule is CC(C)C1=C2[C@H]3CCC4[C@@]5(C)CC[C@H](OC(=O)CC(C)(C)C(=O)OC(C)(C)C)C(C)(C)[C@@H]5CC[C@@]4(C)[C@]3(C)CC[C@@]2([C@H](CN(Cc2ccc(Cl)cc2)C(=O)OC(C)(C)C)OC(=O)CC(C)(C)C(=O)OC(C)(C)C)CC1=O. The van der Waals surface area contributed by atoms with Gasteiger partial charge in [0.2, 0.25) is 0 Å². The van der Waals surface area contributed by atoms with Crippen molar-refractivity contribution in [2.45, 2.75) is 245 Å². The van der Waals surface area contributed by atoms with Crippen LogP contribution >= 0.6 is 11.6 Å². The summed E-state index contributed by atoms with van der Waals surface area (Å²) in [6.45, 7) is 39.4. The molecule has 9 atom stereocenters. The van der Waals surface area contributed by atoms with Gasteiger partial charge in [-0.25, -0.2) is 4.79 Å². The van der Waals surface area contributed by atoms with Gasteiger partial charge in [0.05, 0.1) is 30.2 Å². The third-order valence-electron chi connectivity index (χ3n) is 19.0. The molecule has 1 aromatic rings. The average molecular weight is 1080 g/mol. The van der Waals surface area contributed by atoms with Crippen LogP contribution in [0.15, 0.2) is 35.4 Å². The van der Waals surface area contributed by atoms with Crippen molar-refractivity contribution in [2.75, 3.05) is 6.54 Å². The van der Waals surface area contributed by atoms with Gasteiger partial charge in [-0.3, -0.25) is 24.0 Å². The molecule has 4 saturated carbocycles. The van der Waals surface area contributed by atoms with E-state index in [1.54, 1.807) is 65.5 Å². The number of rotatable bonds is 14. The topological polar surface area (TPSA) is 152 Å². The molecule has 4 fully saturated rings. The molecule has 1 unspecified atom stereocenters. The molecule has 0 spiro atoms. The van der Waals surface area contributed by atoms with E-state index in [0.717, 1.165) is 55.2 Å². The summed E-state index contributed by atoms with van der Waals surface area (Å²) in [6.07, 6.45) is 4.54. The second-order valence-electron chi connectivity index (χ2n) is 29.8. The minimum atomic E-state index is -1.24. The maximum Gasteiger partial charge on any atom is 0.410 e. The van der Waals surface area contributed by atoms with Gasteiger partial charge in [0.1, 0.15) is 29.0 Å². The lowest BCUT2D eigenvalue weighted by Crippen LogP contribution is -2.66. The van der Waals surface area contributed by atoms with E-state index in [0.29, 0.717) is 23.8 Å². The van der Waals surface area contributed by atoms with Crippen LogP contribution in [0.4, 0.5) is 4.79 Å².